The molecule has 8 nitrogen and oxygen atoms in total. The quantitative estimate of drug-likeness (QED) is 0.0683. The molecule has 0 fully saturated rings. The number of hydrogen-bond donors (Lipinski definition) is 0. The van der Waals surface area contributed by atoms with Crippen molar-refractivity contribution < 1.29 is 38.1 Å². The fraction of sp³-hybridized carbons (Fsp3) is 0.344. The number of methoxy groups -OCH3 is 1. The van der Waals surface area contributed by atoms with E-state index in [1.165, 1.54) is 19.3 Å². The second kappa shape index (κ2) is 18.0. The third kappa shape index (κ3) is 12.0. The topological polar surface area (TPSA) is 97.4 Å². The minimum Gasteiger partial charge on any atom is -0.494 e. The van der Waals surface area contributed by atoms with Gasteiger partial charge in [-0.05, 0) is 67.8 Å². The zero-order valence-corrected chi connectivity index (χ0v) is 23.3. The maximum atomic E-state index is 12.7. The summed E-state index contributed by atoms with van der Waals surface area (Å²) in [6, 6.07) is 11.7. The average Bonchev–Trinajstić information content (AvgIpc) is 2.96. The highest BCUT2D eigenvalue weighted by atomic mass is 16.6. The van der Waals surface area contributed by atoms with Gasteiger partial charge in [-0.1, -0.05) is 51.0 Å². The van der Waals surface area contributed by atoms with Crippen LogP contribution in [-0.4, -0.2) is 44.8 Å². The molecule has 40 heavy (non-hydrogen) atoms. The molecule has 214 valence electrons. The lowest BCUT2D eigenvalue weighted by Crippen LogP contribution is -2.09. The van der Waals surface area contributed by atoms with Gasteiger partial charge in [-0.25, -0.2) is 14.4 Å². The zero-order chi connectivity index (χ0) is 29.2. The highest BCUT2D eigenvalue weighted by Crippen LogP contribution is 2.29. The number of esters is 3. The van der Waals surface area contributed by atoms with Gasteiger partial charge in [0, 0.05) is 11.6 Å². The summed E-state index contributed by atoms with van der Waals surface area (Å²) in [5, 5.41) is 0. The van der Waals surface area contributed by atoms with E-state index in [4.69, 9.17) is 23.7 Å². The van der Waals surface area contributed by atoms with Crippen LogP contribution in [-0.2, 0) is 19.1 Å². The molecule has 0 heterocycles. The summed E-state index contributed by atoms with van der Waals surface area (Å²) in [6.07, 6.45) is 10.4. The first-order valence-corrected chi connectivity index (χ1v) is 13.3. The summed E-state index contributed by atoms with van der Waals surface area (Å²) >= 11 is 0. The summed E-state index contributed by atoms with van der Waals surface area (Å²) in [5.41, 5.74) is 1.47. The van der Waals surface area contributed by atoms with Crippen molar-refractivity contribution in [2.45, 2.75) is 45.4 Å². The second-order valence-corrected chi connectivity index (χ2v) is 8.96. The molecule has 0 unspecified atom stereocenters. The predicted octanol–water partition coefficient (Wildman–Crippen LogP) is 6.50. The Balaban J connectivity index is 1.72. The Morgan fingerprint density at radius 3 is 2.17 bits per heavy atom. The van der Waals surface area contributed by atoms with Gasteiger partial charge in [-0.15, -0.1) is 0 Å². The van der Waals surface area contributed by atoms with E-state index in [1.807, 2.05) is 0 Å². The van der Waals surface area contributed by atoms with Gasteiger partial charge in [-0.3, -0.25) is 0 Å². The van der Waals surface area contributed by atoms with Gasteiger partial charge in [0.1, 0.15) is 12.4 Å². The lowest BCUT2D eigenvalue weighted by atomic mass is 10.1. The van der Waals surface area contributed by atoms with Gasteiger partial charge >= 0.3 is 17.9 Å². The molecule has 0 atom stereocenters. The molecular weight excluding hydrogens is 512 g/mol. The monoisotopic (exact) mass is 550 g/mol. The molecule has 0 aliphatic heterocycles. The van der Waals surface area contributed by atoms with Gasteiger partial charge in [0.25, 0.3) is 0 Å². The van der Waals surface area contributed by atoms with Gasteiger partial charge in [0.05, 0.1) is 25.9 Å². The van der Waals surface area contributed by atoms with E-state index in [2.05, 4.69) is 13.2 Å². The molecule has 0 aliphatic carbocycles. The van der Waals surface area contributed by atoms with Crippen molar-refractivity contribution in [3.63, 3.8) is 0 Å². The van der Waals surface area contributed by atoms with Crippen molar-refractivity contribution in [3.8, 4) is 17.2 Å². The van der Waals surface area contributed by atoms with Gasteiger partial charge in [-0.2, -0.15) is 0 Å². The zero-order valence-electron chi connectivity index (χ0n) is 23.3. The molecule has 0 aliphatic rings. The third-order valence-corrected chi connectivity index (χ3v) is 5.62. The first-order chi connectivity index (χ1) is 19.3. The molecule has 0 saturated heterocycles. The number of ether oxygens (including phenoxy) is 5. The molecule has 0 aromatic heterocycles. The summed E-state index contributed by atoms with van der Waals surface area (Å²) in [4.78, 5) is 35.6. The number of rotatable bonds is 18. The number of carbonyl (C=O) groups is 3. The summed E-state index contributed by atoms with van der Waals surface area (Å²) < 4.78 is 26.6. The van der Waals surface area contributed by atoms with Crippen LogP contribution < -0.4 is 14.2 Å². The Hall–Kier alpha value is -4.33. The highest BCUT2D eigenvalue weighted by molar-refractivity contribution is 5.91. The minimum absolute atomic E-state index is 0.134. The number of carbonyl (C=O) groups excluding carboxylic acids is 3. The van der Waals surface area contributed by atoms with E-state index in [0.29, 0.717) is 41.4 Å². The molecule has 0 saturated carbocycles. The maximum absolute atomic E-state index is 12.7. The van der Waals surface area contributed by atoms with Crippen LogP contribution in [0.15, 0.2) is 73.3 Å². The van der Waals surface area contributed by atoms with E-state index >= 15 is 0 Å². The van der Waals surface area contributed by atoms with Crippen molar-refractivity contribution in [2.75, 3.05) is 26.9 Å². The predicted molar refractivity (Wildman–Crippen MR) is 154 cm³/mol. The lowest BCUT2D eigenvalue weighted by molar-refractivity contribution is -0.139. The molecule has 0 bridgehead atoms. The maximum Gasteiger partial charge on any atom is 0.343 e. The minimum atomic E-state index is -0.532. The Morgan fingerprint density at radius 1 is 0.850 bits per heavy atom. The standard InChI is InChI=1S/C32H38O8/c1-5-20-38-30(33)19-13-25-12-18-28(29(23-25)36-4)40-32(35)26-14-16-27(17-15-26)37-21-10-8-6-7-9-11-22-39-31(34)24(2)3/h5,12-19,23H,1-2,6-11,20-22H2,3-4H3. The van der Waals surface area contributed by atoms with Crippen molar-refractivity contribution in [3.05, 3.63) is 84.5 Å². The Kier molecular flexibility index (Phi) is 14.4. The van der Waals surface area contributed by atoms with E-state index in [0.717, 1.165) is 38.5 Å². The van der Waals surface area contributed by atoms with Crippen LogP contribution in [0.1, 0.15) is 61.4 Å². The Bertz CT molecular complexity index is 1160. The number of hydrogen-bond acceptors (Lipinski definition) is 8. The SMILES string of the molecule is C=CCOC(=O)C=Cc1ccc(OC(=O)c2ccc(OCCCCCCCCOC(=O)C(=C)C)cc2)c(OC)c1. The molecule has 0 spiro atoms. The van der Waals surface area contributed by atoms with Crippen LogP contribution in [0, 0.1) is 0 Å². The van der Waals surface area contributed by atoms with Crippen molar-refractivity contribution in [2.24, 2.45) is 0 Å². The normalized spacial score (nSPS) is 10.6. The molecule has 8 heteroatoms. The van der Waals surface area contributed by atoms with E-state index < -0.39 is 11.9 Å². The van der Waals surface area contributed by atoms with Crippen molar-refractivity contribution >= 4 is 24.0 Å². The molecular formula is C32H38O8. The number of unbranched alkanes of at least 4 members (excludes halogenated alkanes) is 5. The van der Waals surface area contributed by atoms with Crippen LogP contribution in [0.4, 0.5) is 0 Å². The lowest BCUT2D eigenvalue weighted by Gasteiger charge is -2.11. The van der Waals surface area contributed by atoms with Crippen LogP contribution in [0.2, 0.25) is 0 Å². The molecule has 0 amide bonds. The summed E-state index contributed by atoms with van der Waals surface area (Å²) in [6.45, 7) is 9.85. The fourth-order valence-electron chi connectivity index (χ4n) is 3.46. The number of benzene rings is 2. The van der Waals surface area contributed by atoms with E-state index in [-0.39, 0.29) is 18.3 Å². The largest absolute Gasteiger partial charge is 0.494 e. The first-order valence-electron chi connectivity index (χ1n) is 13.3. The summed E-state index contributed by atoms with van der Waals surface area (Å²) in [7, 11) is 1.47. The first kappa shape index (κ1) is 31.9. The van der Waals surface area contributed by atoms with Gasteiger partial charge < -0.3 is 23.7 Å². The molecule has 0 N–H and O–H groups in total. The molecule has 2 rings (SSSR count). The molecule has 0 radical (unpaired) electrons. The van der Waals surface area contributed by atoms with E-state index in [9.17, 15) is 14.4 Å². The van der Waals surface area contributed by atoms with Crippen LogP contribution in [0.25, 0.3) is 6.08 Å². The Morgan fingerprint density at radius 2 is 1.52 bits per heavy atom. The van der Waals surface area contributed by atoms with E-state index in [1.54, 1.807) is 55.5 Å². The van der Waals surface area contributed by atoms with Crippen molar-refractivity contribution in [1.29, 1.82) is 0 Å². The summed E-state index contributed by atoms with van der Waals surface area (Å²) in [5.74, 6) is -0.0716. The van der Waals surface area contributed by atoms with Crippen molar-refractivity contribution in [1.82, 2.24) is 0 Å². The average molecular weight is 551 g/mol. The smallest absolute Gasteiger partial charge is 0.343 e. The highest BCUT2D eigenvalue weighted by Gasteiger charge is 2.13. The Labute approximate surface area is 236 Å². The third-order valence-electron chi connectivity index (χ3n) is 5.62. The van der Waals surface area contributed by atoms with Crippen LogP contribution in [0.5, 0.6) is 17.2 Å². The fourth-order valence-corrected chi connectivity index (χ4v) is 3.46. The molecule has 2 aromatic carbocycles. The van der Waals surface area contributed by atoms with Crippen LogP contribution >= 0.6 is 0 Å². The van der Waals surface area contributed by atoms with Crippen LogP contribution in [0.3, 0.4) is 0 Å². The molecule has 2 aromatic rings. The van der Waals surface area contributed by atoms with Gasteiger partial charge in [0.2, 0.25) is 0 Å². The second-order valence-electron chi connectivity index (χ2n) is 8.96. The van der Waals surface area contributed by atoms with Gasteiger partial charge in [0.15, 0.2) is 11.5 Å².